The monoisotopic (exact) mass is 244 g/mol. The Morgan fingerprint density at radius 2 is 1.56 bits per heavy atom. The molecule has 4 nitrogen and oxygen atoms in total. The van der Waals surface area contributed by atoms with Gasteiger partial charge >= 0.3 is 5.97 Å². The minimum atomic E-state index is -1.01. The molecule has 2 aromatic rings. The lowest BCUT2D eigenvalue weighted by atomic mass is 9.91. The van der Waals surface area contributed by atoms with Crippen molar-refractivity contribution in [1.82, 2.24) is 0 Å². The second kappa shape index (κ2) is 4.79. The van der Waals surface area contributed by atoms with Gasteiger partial charge in [-0.2, -0.15) is 0 Å². The molecule has 0 heterocycles. The zero-order valence-corrected chi connectivity index (χ0v) is 9.45. The van der Waals surface area contributed by atoms with Gasteiger partial charge < -0.3 is 15.3 Å². The molecule has 18 heavy (non-hydrogen) atoms. The van der Waals surface area contributed by atoms with Crippen LogP contribution in [0.4, 0.5) is 0 Å². The normalized spacial score (nSPS) is 12.0. The number of aliphatic carboxylic acids is 1. The number of hydrogen-bond donors (Lipinski definition) is 3. The van der Waals surface area contributed by atoms with Crippen LogP contribution in [0.25, 0.3) is 0 Å². The minimum Gasteiger partial charge on any atom is -0.504 e. The van der Waals surface area contributed by atoms with Crippen LogP contribution in [-0.4, -0.2) is 21.3 Å². The Hall–Kier alpha value is -2.49. The number of rotatable bonds is 3. The van der Waals surface area contributed by atoms with Crippen molar-refractivity contribution in [1.29, 1.82) is 0 Å². The van der Waals surface area contributed by atoms with E-state index in [1.807, 2.05) is 0 Å². The highest BCUT2D eigenvalue weighted by Gasteiger charge is 2.22. The first kappa shape index (κ1) is 12.0. The molecule has 0 aromatic heterocycles. The number of carbonyl (C=O) groups is 1. The number of carboxylic acid groups (broad SMARTS) is 1. The zero-order valence-electron chi connectivity index (χ0n) is 9.45. The number of hydrogen-bond acceptors (Lipinski definition) is 3. The van der Waals surface area contributed by atoms with Gasteiger partial charge in [0.05, 0.1) is 0 Å². The first-order chi connectivity index (χ1) is 8.59. The maximum atomic E-state index is 11.4. The molecule has 92 valence electrons. The summed E-state index contributed by atoms with van der Waals surface area (Å²) in [6.07, 6.45) is 0. The third-order valence-electron chi connectivity index (χ3n) is 2.71. The quantitative estimate of drug-likeness (QED) is 0.724. The summed E-state index contributed by atoms with van der Waals surface area (Å²) in [5.74, 6) is -2.46. The molecule has 0 aliphatic carbocycles. The van der Waals surface area contributed by atoms with Crippen LogP contribution >= 0.6 is 0 Å². The summed E-state index contributed by atoms with van der Waals surface area (Å²) in [5.41, 5.74) is 1.04. The SMILES string of the molecule is O=C(O)C(c1ccccc1)c1ccc(O)c(O)c1. The van der Waals surface area contributed by atoms with E-state index in [2.05, 4.69) is 0 Å². The van der Waals surface area contributed by atoms with Gasteiger partial charge in [-0.25, -0.2) is 0 Å². The second-order valence-electron chi connectivity index (χ2n) is 3.93. The highest BCUT2D eigenvalue weighted by molar-refractivity contribution is 5.80. The Bertz CT molecular complexity index is 563. The lowest BCUT2D eigenvalue weighted by Gasteiger charge is -2.13. The third-order valence-corrected chi connectivity index (χ3v) is 2.71. The summed E-state index contributed by atoms with van der Waals surface area (Å²) >= 11 is 0. The van der Waals surface area contributed by atoms with Gasteiger partial charge in [-0.05, 0) is 23.3 Å². The number of phenols is 2. The van der Waals surface area contributed by atoms with E-state index in [1.54, 1.807) is 30.3 Å². The molecule has 0 radical (unpaired) electrons. The van der Waals surface area contributed by atoms with E-state index in [0.29, 0.717) is 11.1 Å². The molecule has 0 aliphatic heterocycles. The minimum absolute atomic E-state index is 0.268. The van der Waals surface area contributed by atoms with Crippen molar-refractivity contribution >= 4 is 5.97 Å². The molecule has 0 bridgehead atoms. The Morgan fingerprint density at radius 3 is 2.11 bits per heavy atom. The molecule has 0 saturated heterocycles. The number of phenolic OH excluding ortho intramolecular Hbond substituents is 2. The molecule has 1 unspecified atom stereocenters. The van der Waals surface area contributed by atoms with Crippen LogP contribution in [0.5, 0.6) is 11.5 Å². The van der Waals surface area contributed by atoms with Crippen LogP contribution in [-0.2, 0) is 4.79 Å². The Morgan fingerprint density at radius 1 is 0.889 bits per heavy atom. The number of aromatic hydroxyl groups is 2. The summed E-state index contributed by atoms with van der Waals surface area (Å²) in [6, 6.07) is 12.8. The molecule has 2 rings (SSSR count). The van der Waals surface area contributed by atoms with Gasteiger partial charge in [-0.1, -0.05) is 36.4 Å². The molecule has 3 N–H and O–H groups in total. The fraction of sp³-hybridized carbons (Fsp3) is 0.0714. The van der Waals surface area contributed by atoms with Gasteiger partial charge in [0.15, 0.2) is 11.5 Å². The van der Waals surface area contributed by atoms with E-state index in [1.165, 1.54) is 18.2 Å². The van der Waals surface area contributed by atoms with Gasteiger partial charge in [0.1, 0.15) is 5.92 Å². The third kappa shape index (κ3) is 2.27. The van der Waals surface area contributed by atoms with E-state index in [0.717, 1.165) is 0 Å². The van der Waals surface area contributed by atoms with Gasteiger partial charge in [-0.3, -0.25) is 4.79 Å². The second-order valence-corrected chi connectivity index (χ2v) is 3.93. The average Bonchev–Trinajstić information content (AvgIpc) is 2.35. The lowest BCUT2D eigenvalue weighted by Crippen LogP contribution is -2.12. The van der Waals surface area contributed by atoms with E-state index in [-0.39, 0.29) is 11.5 Å². The molecular formula is C14H12O4. The Kier molecular flexibility index (Phi) is 3.19. The molecule has 0 fully saturated rings. The van der Waals surface area contributed by atoms with Crippen molar-refractivity contribution in [2.75, 3.05) is 0 Å². The first-order valence-electron chi connectivity index (χ1n) is 5.39. The van der Waals surface area contributed by atoms with Crippen LogP contribution in [0, 0.1) is 0 Å². The molecule has 0 spiro atoms. The van der Waals surface area contributed by atoms with Crippen molar-refractivity contribution in [2.24, 2.45) is 0 Å². The maximum absolute atomic E-state index is 11.4. The fourth-order valence-corrected chi connectivity index (χ4v) is 1.84. The fourth-order valence-electron chi connectivity index (χ4n) is 1.84. The molecule has 0 amide bonds. The van der Waals surface area contributed by atoms with Crippen molar-refractivity contribution in [3.8, 4) is 11.5 Å². The van der Waals surface area contributed by atoms with Crippen LogP contribution in [0.15, 0.2) is 48.5 Å². The standard InChI is InChI=1S/C14H12O4/c15-11-7-6-10(8-12(11)16)13(14(17)18)9-4-2-1-3-5-9/h1-8,13,15-16H,(H,17,18). The van der Waals surface area contributed by atoms with Gasteiger partial charge in [0.25, 0.3) is 0 Å². The predicted octanol–water partition coefficient (Wildman–Crippen LogP) is 2.31. The van der Waals surface area contributed by atoms with Crippen LogP contribution in [0.3, 0.4) is 0 Å². The van der Waals surface area contributed by atoms with E-state index in [4.69, 9.17) is 0 Å². The highest BCUT2D eigenvalue weighted by atomic mass is 16.4. The lowest BCUT2D eigenvalue weighted by molar-refractivity contribution is -0.137. The maximum Gasteiger partial charge on any atom is 0.315 e. The Balaban J connectivity index is 2.49. The topological polar surface area (TPSA) is 77.8 Å². The predicted molar refractivity (Wildman–Crippen MR) is 65.7 cm³/mol. The summed E-state index contributed by atoms with van der Waals surface area (Å²) in [6.45, 7) is 0. The highest BCUT2D eigenvalue weighted by Crippen LogP contribution is 2.31. The van der Waals surface area contributed by atoms with Crippen LogP contribution < -0.4 is 0 Å². The zero-order chi connectivity index (χ0) is 13.1. The summed E-state index contributed by atoms with van der Waals surface area (Å²) in [5, 5.41) is 28.0. The molecule has 0 saturated carbocycles. The van der Waals surface area contributed by atoms with Gasteiger partial charge in [0.2, 0.25) is 0 Å². The van der Waals surface area contributed by atoms with Crippen molar-refractivity contribution in [2.45, 2.75) is 5.92 Å². The molecular weight excluding hydrogens is 232 g/mol. The summed E-state index contributed by atoms with van der Waals surface area (Å²) in [4.78, 5) is 11.4. The average molecular weight is 244 g/mol. The van der Waals surface area contributed by atoms with E-state index < -0.39 is 11.9 Å². The molecule has 2 aromatic carbocycles. The molecule has 4 heteroatoms. The smallest absolute Gasteiger partial charge is 0.315 e. The first-order valence-corrected chi connectivity index (χ1v) is 5.39. The summed E-state index contributed by atoms with van der Waals surface area (Å²) in [7, 11) is 0. The van der Waals surface area contributed by atoms with Crippen LogP contribution in [0.2, 0.25) is 0 Å². The summed E-state index contributed by atoms with van der Waals surface area (Å²) < 4.78 is 0. The molecule has 1 atom stereocenters. The number of carboxylic acids is 1. The Labute approximate surface area is 104 Å². The van der Waals surface area contributed by atoms with E-state index >= 15 is 0 Å². The van der Waals surface area contributed by atoms with Crippen LogP contribution in [0.1, 0.15) is 17.0 Å². The molecule has 0 aliphatic rings. The van der Waals surface area contributed by atoms with Gasteiger partial charge in [-0.15, -0.1) is 0 Å². The number of benzene rings is 2. The van der Waals surface area contributed by atoms with Crippen molar-refractivity contribution in [3.63, 3.8) is 0 Å². The van der Waals surface area contributed by atoms with Crippen molar-refractivity contribution in [3.05, 3.63) is 59.7 Å². The van der Waals surface area contributed by atoms with Gasteiger partial charge in [0, 0.05) is 0 Å². The largest absolute Gasteiger partial charge is 0.504 e. The van der Waals surface area contributed by atoms with Crippen molar-refractivity contribution < 1.29 is 20.1 Å². The van der Waals surface area contributed by atoms with E-state index in [9.17, 15) is 20.1 Å².